The molecule has 0 bridgehead atoms. The molecule has 0 aliphatic carbocycles. The lowest BCUT2D eigenvalue weighted by Crippen LogP contribution is -2.25. The van der Waals surface area contributed by atoms with Crippen molar-refractivity contribution in [1.29, 1.82) is 0 Å². The fourth-order valence-electron chi connectivity index (χ4n) is 3.06. The third-order valence-electron chi connectivity index (χ3n) is 4.53. The number of hydrogen-bond donors (Lipinski definition) is 4. The Morgan fingerprint density at radius 1 is 0.897 bits per heavy atom. The highest BCUT2D eigenvalue weighted by molar-refractivity contribution is 5.94. The zero-order chi connectivity index (χ0) is 20.4. The first-order valence-corrected chi connectivity index (χ1v) is 8.76. The number of fused-ring (bicyclic) bond motifs is 1. The highest BCUT2D eigenvalue weighted by Crippen LogP contribution is 2.37. The van der Waals surface area contributed by atoms with Crippen LogP contribution >= 0.6 is 0 Å². The predicted molar refractivity (Wildman–Crippen MR) is 108 cm³/mol. The topological polar surface area (TPSA) is 117 Å². The number of benzene rings is 3. The van der Waals surface area contributed by atoms with Gasteiger partial charge in [-0.15, -0.1) is 0 Å². The van der Waals surface area contributed by atoms with Crippen LogP contribution in [0.3, 0.4) is 0 Å². The number of phenolic OH excluding ortho intramolecular Hbond substituents is 2. The molecule has 0 fully saturated rings. The number of nitro groups is 1. The summed E-state index contributed by atoms with van der Waals surface area (Å²) in [5.41, 5.74) is 10.0. The Morgan fingerprint density at radius 3 is 2.28 bits per heavy atom. The van der Waals surface area contributed by atoms with Crippen LogP contribution in [0.5, 0.6) is 17.2 Å². The van der Waals surface area contributed by atoms with Crippen LogP contribution in [0.25, 0.3) is 11.3 Å². The van der Waals surface area contributed by atoms with Gasteiger partial charge in [-0.2, -0.15) is 0 Å². The Morgan fingerprint density at radius 2 is 1.59 bits per heavy atom. The van der Waals surface area contributed by atoms with Crippen molar-refractivity contribution in [3.8, 4) is 17.2 Å². The van der Waals surface area contributed by atoms with E-state index in [2.05, 4.69) is 10.9 Å². The number of hydrazine groups is 1. The molecule has 3 aromatic rings. The first kappa shape index (κ1) is 18.2. The number of nitro benzene ring substituents is 1. The molecule has 0 aromatic heterocycles. The smallest absolute Gasteiger partial charge is 0.269 e. The summed E-state index contributed by atoms with van der Waals surface area (Å²) in [4.78, 5) is 10.4. The first-order chi connectivity index (χ1) is 14.0. The van der Waals surface area contributed by atoms with Gasteiger partial charge in [0.15, 0.2) is 0 Å². The summed E-state index contributed by atoms with van der Waals surface area (Å²) < 4.78 is 5.80. The molecule has 0 saturated heterocycles. The van der Waals surface area contributed by atoms with Crippen LogP contribution in [0.1, 0.15) is 11.1 Å². The molecular formula is C21H17N3O5. The minimum absolute atomic E-state index is 0.00596. The van der Waals surface area contributed by atoms with Crippen molar-refractivity contribution < 1.29 is 19.9 Å². The fourth-order valence-corrected chi connectivity index (χ4v) is 3.06. The van der Waals surface area contributed by atoms with Crippen molar-refractivity contribution in [2.75, 3.05) is 12.0 Å². The van der Waals surface area contributed by atoms with E-state index in [4.69, 9.17) is 4.74 Å². The molecule has 3 aromatic carbocycles. The van der Waals surface area contributed by atoms with Crippen molar-refractivity contribution >= 4 is 22.6 Å². The Balaban J connectivity index is 1.69. The summed E-state index contributed by atoms with van der Waals surface area (Å²) in [6.45, 7) is 0.255. The highest BCUT2D eigenvalue weighted by Gasteiger charge is 2.22. The van der Waals surface area contributed by atoms with Crippen molar-refractivity contribution in [3.63, 3.8) is 0 Å². The molecule has 8 heteroatoms. The average Bonchev–Trinajstić information content (AvgIpc) is 2.72. The molecule has 0 atom stereocenters. The highest BCUT2D eigenvalue weighted by atomic mass is 16.6. The van der Waals surface area contributed by atoms with Crippen molar-refractivity contribution in [2.24, 2.45) is 0 Å². The van der Waals surface area contributed by atoms with Crippen LogP contribution in [0.4, 0.5) is 11.4 Å². The number of ether oxygens (including phenoxy) is 1. The number of nitrogens with one attached hydrogen (secondary N) is 2. The van der Waals surface area contributed by atoms with Gasteiger partial charge in [0.25, 0.3) is 5.69 Å². The van der Waals surface area contributed by atoms with Gasteiger partial charge in [-0.1, -0.05) is 12.1 Å². The molecule has 0 saturated carbocycles. The summed E-state index contributed by atoms with van der Waals surface area (Å²) in [6, 6.07) is 17.6. The Hall–Kier alpha value is -4.20. The normalized spacial score (nSPS) is 12.7. The molecular weight excluding hydrogens is 374 g/mol. The lowest BCUT2D eigenvalue weighted by molar-refractivity contribution is -0.384. The molecule has 0 amide bonds. The number of aromatic hydroxyl groups is 2. The summed E-state index contributed by atoms with van der Waals surface area (Å²) in [6.07, 6.45) is 0. The molecule has 146 valence electrons. The molecule has 1 aliphatic heterocycles. The van der Waals surface area contributed by atoms with Crippen LogP contribution in [-0.4, -0.2) is 21.7 Å². The molecule has 4 N–H and O–H groups in total. The van der Waals surface area contributed by atoms with Crippen molar-refractivity contribution in [2.45, 2.75) is 0 Å². The number of phenols is 2. The number of rotatable bonds is 5. The molecule has 1 aliphatic rings. The second-order valence-corrected chi connectivity index (χ2v) is 6.42. The second-order valence-electron chi connectivity index (χ2n) is 6.42. The lowest BCUT2D eigenvalue weighted by Gasteiger charge is -2.26. The third kappa shape index (κ3) is 3.77. The number of nitrogens with zero attached hydrogens (tertiary/aromatic N) is 1. The summed E-state index contributed by atoms with van der Waals surface area (Å²) in [5.74, 6) is 0.787. The minimum atomic E-state index is -0.455. The fraction of sp³-hybridized carbons (Fsp3) is 0.0476. The second kappa shape index (κ2) is 7.43. The van der Waals surface area contributed by atoms with E-state index < -0.39 is 4.92 Å². The molecule has 8 nitrogen and oxygen atoms in total. The lowest BCUT2D eigenvalue weighted by atomic mass is 9.97. The van der Waals surface area contributed by atoms with E-state index in [0.29, 0.717) is 11.4 Å². The molecule has 0 unspecified atom stereocenters. The molecule has 29 heavy (non-hydrogen) atoms. The largest absolute Gasteiger partial charge is 0.508 e. The molecule has 0 spiro atoms. The van der Waals surface area contributed by atoms with E-state index in [0.717, 1.165) is 22.4 Å². The van der Waals surface area contributed by atoms with Crippen molar-refractivity contribution in [1.82, 2.24) is 5.43 Å². The van der Waals surface area contributed by atoms with Crippen LogP contribution in [-0.2, 0) is 0 Å². The summed E-state index contributed by atoms with van der Waals surface area (Å²) in [5, 5.41) is 30.1. The van der Waals surface area contributed by atoms with E-state index in [1.807, 2.05) is 0 Å². The minimum Gasteiger partial charge on any atom is -0.508 e. The van der Waals surface area contributed by atoms with E-state index in [1.165, 1.54) is 18.2 Å². The van der Waals surface area contributed by atoms with Gasteiger partial charge in [0.2, 0.25) is 0 Å². The summed E-state index contributed by atoms with van der Waals surface area (Å²) in [7, 11) is 0. The average molecular weight is 391 g/mol. The van der Waals surface area contributed by atoms with Gasteiger partial charge < -0.3 is 20.4 Å². The number of non-ortho nitro benzene ring substituents is 1. The zero-order valence-corrected chi connectivity index (χ0v) is 15.1. The van der Waals surface area contributed by atoms with Gasteiger partial charge in [0, 0.05) is 29.3 Å². The van der Waals surface area contributed by atoms with Crippen LogP contribution in [0.15, 0.2) is 66.7 Å². The van der Waals surface area contributed by atoms with Crippen LogP contribution in [0, 0.1) is 10.1 Å². The zero-order valence-electron chi connectivity index (χ0n) is 15.1. The molecule has 4 rings (SSSR count). The monoisotopic (exact) mass is 391 g/mol. The van der Waals surface area contributed by atoms with E-state index in [9.17, 15) is 20.3 Å². The molecule has 0 radical (unpaired) electrons. The van der Waals surface area contributed by atoms with Gasteiger partial charge in [0.05, 0.1) is 16.3 Å². The van der Waals surface area contributed by atoms with Gasteiger partial charge in [-0.3, -0.25) is 15.5 Å². The quantitative estimate of drug-likeness (QED) is 0.385. The maximum Gasteiger partial charge on any atom is 0.269 e. The van der Waals surface area contributed by atoms with Crippen molar-refractivity contribution in [3.05, 3.63) is 88.0 Å². The number of hydrogen-bond acceptors (Lipinski definition) is 7. The van der Waals surface area contributed by atoms with Gasteiger partial charge in [0.1, 0.15) is 23.9 Å². The SMILES string of the molecule is O=[N+]([O-])c1ccc(NNC2=C(c3ccc(O)cc3)COc3cc(O)ccc32)cc1. The Bertz CT molecular complexity index is 1090. The first-order valence-electron chi connectivity index (χ1n) is 8.76. The van der Waals surface area contributed by atoms with Gasteiger partial charge in [-0.25, -0.2) is 0 Å². The van der Waals surface area contributed by atoms with Crippen LogP contribution in [0.2, 0.25) is 0 Å². The maximum absolute atomic E-state index is 10.8. The van der Waals surface area contributed by atoms with E-state index in [-0.39, 0.29) is 23.8 Å². The predicted octanol–water partition coefficient (Wildman–Crippen LogP) is 3.88. The van der Waals surface area contributed by atoms with Crippen LogP contribution < -0.4 is 15.6 Å². The van der Waals surface area contributed by atoms with E-state index in [1.54, 1.807) is 48.5 Å². The van der Waals surface area contributed by atoms with E-state index >= 15 is 0 Å². The maximum atomic E-state index is 10.8. The molecule has 1 heterocycles. The number of anilines is 1. The van der Waals surface area contributed by atoms with Gasteiger partial charge in [-0.05, 0) is 42.0 Å². The third-order valence-corrected chi connectivity index (χ3v) is 4.53. The Kier molecular flexibility index (Phi) is 4.66. The van der Waals surface area contributed by atoms with Gasteiger partial charge >= 0.3 is 0 Å². The standard InChI is InChI=1S/C21H17N3O5/c25-16-7-1-13(2-8-16)19-12-29-20-11-17(26)9-10-18(20)21(19)23-22-14-3-5-15(6-4-14)24(27)28/h1-11,22-23,25-26H,12H2. The Labute approximate surface area is 165 Å². The summed E-state index contributed by atoms with van der Waals surface area (Å²) >= 11 is 0.